The highest BCUT2D eigenvalue weighted by Gasteiger charge is 2.23. The maximum atomic E-state index is 11.9. The van der Waals surface area contributed by atoms with Crippen LogP contribution < -0.4 is 4.72 Å². The summed E-state index contributed by atoms with van der Waals surface area (Å²) in [5.74, 6) is -0.743. The first-order valence-electron chi connectivity index (χ1n) is 6.06. The molecule has 0 bridgehead atoms. The lowest BCUT2D eigenvalue weighted by molar-refractivity contribution is -0.139. The summed E-state index contributed by atoms with van der Waals surface area (Å²) in [6.45, 7) is 0. The maximum absolute atomic E-state index is 11.9. The van der Waals surface area contributed by atoms with Crippen molar-refractivity contribution < 1.29 is 18.3 Å². The normalized spacial score (nSPS) is 13.1. The molecule has 1 unspecified atom stereocenters. The molecule has 0 aliphatic heterocycles. The van der Waals surface area contributed by atoms with E-state index in [2.05, 4.69) is 9.71 Å². The summed E-state index contributed by atoms with van der Waals surface area (Å²) in [7, 11) is -3.63. The minimum absolute atomic E-state index is 0.174. The van der Waals surface area contributed by atoms with Gasteiger partial charge in [0.15, 0.2) is 0 Å². The number of rotatable bonds is 9. The molecule has 1 rings (SSSR count). The predicted molar refractivity (Wildman–Crippen MR) is 79.3 cm³/mol. The Balaban J connectivity index is 2.56. The molecular weight excluding hydrogens is 300 g/mol. The quantitative estimate of drug-likeness (QED) is 0.697. The van der Waals surface area contributed by atoms with Crippen LogP contribution in [-0.2, 0) is 21.2 Å². The molecule has 0 saturated carbocycles. The summed E-state index contributed by atoms with van der Waals surface area (Å²) < 4.78 is 26.0. The van der Waals surface area contributed by atoms with Crippen molar-refractivity contribution in [3.8, 4) is 0 Å². The predicted octanol–water partition coefficient (Wildman–Crippen LogP) is 0.750. The van der Waals surface area contributed by atoms with Crippen molar-refractivity contribution in [1.29, 1.82) is 0 Å². The Kier molecular flexibility index (Phi) is 6.97. The molecular formula is C12H18N2O4S2. The minimum Gasteiger partial charge on any atom is -0.480 e. The second kappa shape index (κ2) is 8.23. The molecule has 8 heteroatoms. The summed E-state index contributed by atoms with van der Waals surface area (Å²) in [6, 6.07) is 4.19. The van der Waals surface area contributed by atoms with E-state index in [1.807, 2.05) is 6.26 Å². The van der Waals surface area contributed by atoms with E-state index in [1.165, 1.54) is 11.8 Å². The van der Waals surface area contributed by atoms with Gasteiger partial charge in [-0.15, -0.1) is 0 Å². The highest BCUT2D eigenvalue weighted by molar-refractivity contribution is 7.98. The fourth-order valence-electron chi connectivity index (χ4n) is 1.53. The lowest BCUT2D eigenvalue weighted by Gasteiger charge is -2.14. The van der Waals surface area contributed by atoms with E-state index in [0.29, 0.717) is 11.4 Å². The van der Waals surface area contributed by atoms with Crippen LogP contribution >= 0.6 is 11.8 Å². The average molecular weight is 318 g/mol. The number of aliphatic carboxylic acids is 1. The van der Waals surface area contributed by atoms with Gasteiger partial charge in [0, 0.05) is 18.3 Å². The highest BCUT2D eigenvalue weighted by atomic mass is 32.2. The molecule has 0 amide bonds. The number of hydrogen-bond acceptors (Lipinski definition) is 5. The fraction of sp³-hybridized carbons (Fsp3) is 0.500. The lowest BCUT2D eigenvalue weighted by Crippen LogP contribution is -2.42. The molecule has 1 atom stereocenters. The van der Waals surface area contributed by atoms with Gasteiger partial charge in [0.1, 0.15) is 6.04 Å². The molecule has 0 fully saturated rings. The van der Waals surface area contributed by atoms with Crippen molar-refractivity contribution in [2.24, 2.45) is 0 Å². The molecule has 0 radical (unpaired) electrons. The first kappa shape index (κ1) is 16.9. The van der Waals surface area contributed by atoms with Crippen LogP contribution in [0.25, 0.3) is 0 Å². The molecule has 0 saturated heterocycles. The van der Waals surface area contributed by atoms with Gasteiger partial charge in [0.2, 0.25) is 10.0 Å². The third-order valence-corrected chi connectivity index (χ3v) is 4.61. The van der Waals surface area contributed by atoms with Gasteiger partial charge in [-0.3, -0.25) is 9.78 Å². The molecule has 1 aromatic heterocycles. The molecule has 0 spiro atoms. The number of aryl methyl sites for hydroxylation is 1. The van der Waals surface area contributed by atoms with Crippen LogP contribution in [0.1, 0.15) is 12.1 Å². The van der Waals surface area contributed by atoms with Gasteiger partial charge in [0.25, 0.3) is 0 Å². The average Bonchev–Trinajstić information content (AvgIpc) is 2.42. The molecule has 0 aliphatic rings. The number of sulfonamides is 1. The zero-order valence-corrected chi connectivity index (χ0v) is 12.8. The van der Waals surface area contributed by atoms with Crippen LogP contribution in [0.2, 0.25) is 0 Å². The number of carboxylic acid groups (broad SMARTS) is 1. The number of hydrogen-bond donors (Lipinski definition) is 2. The number of nitrogens with one attached hydrogen (secondary N) is 1. The first-order chi connectivity index (χ1) is 9.44. The van der Waals surface area contributed by atoms with Crippen molar-refractivity contribution in [1.82, 2.24) is 9.71 Å². The molecule has 112 valence electrons. The summed E-state index contributed by atoms with van der Waals surface area (Å²) in [5.41, 5.74) is 0.661. The van der Waals surface area contributed by atoms with E-state index in [1.54, 1.807) is 24.4 Å². The van der Waals surface area contributed by atoms with Crippen molar-refractivity contribution in [3.63, 3.8) is 0 Å². The van der Waals surface area contributed by atoms with Gasteiger partial charge < -0.3 is 5.11 Å². The van der Waals surface area contributed by atoms with E-state index in [-0.39, 0.29) is 18.6 Å². The van der Waals surface area contributed by atoms with Gasteiger partial charge in [-0.2, -0.15) is 11.8 Å². The summed E-state index contributed by atoms with van der Waals surface area (Å²) in [6.07, 6.45) is 3.95. The fourth-order valence-corrected chi connectivity index (χ4v) is 3.25. The molecule has 20 heavy (non-hydrogen) atoms. The van der Waals surface area contributed by atoms with E-state index in [4.69, 9.17) is 5.11 Å². The Bertz CT molecular complexity index is 520. The molecule has 1 aromatic rings. The van der Waals surface area contributed by atoms with Crippen LogP contribution in [-0.4, -0.2) is 48.3 Å². The minimum atomic E-state index is -3.63. The molecule has 6 nitrogen and oxygen atoms in total. The van der Waals surface area contributed by atoms with E-state index in [0.717, 1.165) is 0 Å². The third-order valence-electron chi connectivity index (χ3n) is 2.58. The summed E-state index contributed by atoms with van der Waals surface area (Å²) in [4.78, 5) is 15.0. The Morgan fingerprint density at radius 3 is 2.80 bits per heavy atom. The molecule has 1 heterocycles. The van der Waals surface area contributed by atoms with Gasteiger partial charge >= 0.3 is 5.97 Å². The number of carboxylic acids is 1. The van der Waals surface area contributed by atoms with Crippen molar-refractivity contribution >= 4 is 27.8 Å². The van der Waals surface area contributed by atoms with E-state index in [9.17, 15) is 13.2 Å². The van der Waals surface area contributed by atoms with Crippen LogP contribution in [0.4, 0.5) is 0 Å². The van der Waals surface area contributed by atoms with Gasteiger partial charge in [-0.05, 0) is 30.6 Å². The zero-order chi connectivity index (χ0) is 15.0. The Hall–Kier alpha value is -1.12. The van der Waals surface area contributed by atoms with Crippen LogP contribution in [0.15, 0.2) is 24.4 Å². The maximum Gasteiger partial charge on any atom is 0.321 e. The Morgan fingerprint density at radius 1 is 1.50 bits per heavy atom. The second-order valence-electron chi connectivity index (χ2n) is 4.18. The molecule has 0 aromatic carbocycles. The van der Waals surface area contributed by atoms with Gasteiger partial charge in [-0.1, -0.05) is 6.07 Å². The standard InChI is InChI=1S/C12H18N2O4S2/c1-19-8-5-11(12(15)16)14-20(17,18)9-6-10-4-2-3-7-13-10/h2-4,7,11,14H,5-6,8-9H2,1H3,(H,15,16). The Labute approximate surface area is 123 Å². The molecule has 0 aliphatic carbocycles. The van der Waals surface area contributed by atoms with Crippen LogP contribution in [0.5, 0.6) is 0 Å². The first-order valence-corrected chi connectivity index (χ1v) is 9.11. The lowest BCUT2D eigenvalue weighted by atomic mass is 10.2. The largest absolute Gasteiger partial charge is 0.480 e. The topological polar surface area (TPSA) is 96.4 Å². The van der Waals surface area contributed by atoms with Crippen LogP contribution in [0.3, 0.4) is 0 Å². The summed E-state index contributed by atoms with van der Waals surface area (Å²) in [5, 5.41) is 9.00. The number of aromatic nitrogens is 1. The SMILES string of the molecule is CSCCC(NS(=O)(=O)CCc1ccccn1)C(=O)O. The van der Waals surface area contributed by atoms with Crippen molar-refractivity contribution in [3.05, 3.63) is 30.1 Å². The number of carbonyl (C=O) groups is 1. The summed E-state index contributed by atoms with van der Waals surface area (Å²) >= 11 is 1.48. The monoisotopic (exact) mass is 318 g/mol. The van der Waals surface area contributed by atoms with Crippen molar-refractivity contribution in [2.45, 2.75) is 18.9 Å². The smallest absolute Gasteiger partial charge is 0.321 e. The van der Waals surface area contributed by atoms with E-state index < -0.39 is 22.0 Å². The number of pyridine rings is 1. The zero-order valence-electron chi connectivity index (χ0n) is 11.2. The van der Waals surface area contributed by atoms with E-state index >= 15 is 0 Å². The number of thioether (sulfide) groups is 1. The Morgan fingerprint density at radius 2 is 2.25 bits per heavy atom. The number of nitrogens with zero attached hydrogens (tertiary/aromatic N) is 1. The highest BCUT2D eigenvalue weighted by Crippen LogP contribution is 2.04. The third kappa shape index (κ3) is 6.36. The second-order valence-corrected chi connectivity index (χ2v) is 7.04. The van der Waals surface area contributed by atoms with Gasteiger partial charge in [-0.25, -0.2) is 13.1 Å². The van der Waals surface area contributed by atoms with Crippen molar-refractivity contribution in [2.75, 3.05) is 17.8 Å². The molecule has 2 N–H and O–H groups in total. The van der Waals surface area contributed by atoms with Gasteiger partial charge in [0.05, 0.1) is 5.75 Å². The van der Waals surface area contributed by atoms with Crippen LogP contribution in [0, 0.1) is 0 Å².